The summed E-state index contributed by atoms with van der Waals surface area (Å²) >= 11 is 7.43. The van der Waals surface area contributed by atoms with Gasteiger partial charge in [-0.2, -0.15) is 0 Å². The van der Waals surface area contributed by atoms with E-state index in [2.05, 4.69) is 26.3 Å². The van der Waals surface area contributed by atoms with E-state index in [0.717, 1.165) is 5.69 Å². The van der Waals surface area contributed by atoms with Crippen molar-refractivity contribution in [1.29, 1.82) is 0 Å². The van der Waals surface area contributed by atoms with Gasteiger partial charge >= 0.3 is 0 Å². The number of hydrogen-bond acceptors (Lipinski definition) is 13. The highest BCUT2D eigenvalue weighted by Crippen LogP contribution is 2.41. The molecule has 1 aliphatic carbocycles. The van der Waals surface area contributed by atoms with E-state index in [1.165, 1.54) is 22.3 Å². The van der Waals surface area contributed by atoms with Gasteiger partial charge in [0.15, 0.2) is 16.7 Å². The minimum atomic E-state index is -0.771. The molecule has 19 heteroatoms. The van der Waals surface area contributed by atoms with Gasteiger partial charge < -0.3 is 39.8 Å². The predicted octanol–water partition coefficient (Wildman–Crippen LogP) is 5.58. The molecule has 5 amide bonds. The van der Waals surface area contributed by atoms with Gasteiger partial charge in [0.25, 0.3) is 5.91 Å². The number of nitrogens with one attached hydrogen (secondary N) is 4. The van der Waals surface area contributed by atoms with E-state index < -0.39 is 23.2 Å². The van der Waals surface area contributed by atoms with Crippen LogP contribution in [-0.4, -0.2) is 103 Å². The van der Waals surface area contributed by atoms with Crippen molar-refractivity contribution in [3.05, 3.63) is 93.8 Å². The number of amides is 5. The molecule has 3 aliphatic rings. The maximum absolute atomic E-state index is 14.6. The fourth-order valence-electron chi connectivity index (χ4n) is 7.94. The van der Waals surface area contributed by atoms with Gasteiger partial charge in [-0.1, -0.05) is 29.8 Å². The van der Waals surface area contributed by atoms with Crippen LogP contribution >= 0.6 is 22.9 Å². The third-order valence-electron chi connectivity index (χ3n) is 11.2. The lowest BCUT2D eigenvalue weighted by Crippen LogP contribution is -2.52. The Morgan fingerprint density at radius 1 is 0.937 bits per heavy atom. The van der Waals surface area contributed by atoms with Crippen LogP contribution in [0.4, 0.5) is 21.0 Å². The van der Waals surface area contributed by atoms with Gasteiger partial charge in [0.2, 0.25) is 23.6 Å². The van der Waals surface area contributed by atoms with Crippen LogP contribution in [0.3, 0.4) is 0 Å². The Balaban J connectivity index is 0.789. The van der Waals surface area contributed by atoms with Crippen molar-refractivity contribution in [2.75, 3.05) is 56.8 Å². The van der Waals surface area contributed by atoms with Gasteiger partial charge in [-0.3, -0.25) is 29.3 Å². The minimum absolute atomic E-state index is 0.00838. The van der Waals surface area contributed by atoms with E-state index in [4.69, 9.17) is 35.5 Å². The largest absolute Gasteiger partial charge is 0.487 e. The maximum atomic E-state index is 14.6. The van der Waals surface area contributed by atoms with Crippen molar-refractivity contribution < 1.29 is 47.3 Å². The van der Waals surface area contributed by atoms with Crippen LogP contribution in [0.1, 0.15) is 66.6 Å². The molecule has 2 fully saturated rings. The van der Waals surface area contributed by atoms with Gasteiger partial charge in [-0.05, 0) is 68.5 Å². The van der Waals surface area contributed by atoms with Crippen LogP contribution in [0.25, 0.3) is 0 Å². The number of aromatic nitrogens is 2. The second-order valence-electron chi connectivity index (χ2n) is 15.4. The number of anilines is 3. The summed E-state index contributed by atoms with van der Waals surface area (Å²) in [4.78, 5) is 74.2. The Labute approximate surface area is 372 Å². The van der Waals surface area contributed by atoms with Gasteiger partial charge in [-0.15, -0.1) is 11.3 Å². The first-order valence-corrected chi connectivity index (χ1v) is 22.2. The Morgan fingerprint density at radius 3 is 2.44 bits per heavy atom. The van der Waals surface area contributed by atoms with Crippen LogP contribution in [0.2, 0.25) is 5.02 Å². The van der Waals surface area contributed by atoms with Crippen LogP contribution < -0.4 is 26.0 Å². The van der Waals surface area contributed by atoms with Crippen LogP contribution in [-0.2, 0) is 46.4 Å². The number of benzene rings is 2. The SMILES string of the molecule is O=C1CCC(N2Cc3c(NC(=O)CCOCCOCCOCCNC(=O)[C@]4(Cc5cccc(Nc6nccs6)n5)CC[C@@H](Oc5cccc(Cl)c5F)CC4)cccc3C2=O)C(=O)N1. The van der Waals surface area contributed by atoms with Gasteiger partial charge in [0, 0.05) is 60.0 Å². The van der Waals surface area contributed by atoms with E-state index in [9.17, 15) is 28.4 Å². The minimum Gasteiger partial charge on any atom is -0.487 e. The molecule has 334 valence electrons. The third kappa shape index (κ3) is 11.9. The summed E-state index contributed by atoms with van der Waals surface area (Å²) in [5.74, 6) is -1.44. The maximum Gasteiger partial charge on any atom is 0.255 e. The van der Waals surface area contributed by atoms with Crippen LogP contribution in [0, 0.1) is 11.2 Å². The highest BCUT2D eigenvalue weighted by Gasteiger charge is 2.43. The van der Waals surface area contributed by atoms with Gasteiger partial charge in [-0.25, -0.2) is 14.4 Å². The van der Waals surface area contributed by atoms with Crippen LogP contribution in [0.15, 0.2) is 66.2 Å². The normalized spacial score (nSPS) is 19.7. The summed E-state index contributed by atoms with van der Waals surface area (Å²) < 4.78 is 37.5. The Morgan fingerprint density at radius 2 is 1.68 bits per heavy atom. The molecule has 1 saturated heterocycles. The molecular weight excluding hydrogens is 857 g/mol. The first kappa shape index (κ1) is 45.5. The number of halogens is 2. The van der Waals surface area contributed by atoms with Crippen molar-refractivity contribution in [1.82, 2.24) is 25.5 Å². The standard InChI is InChI=1S/C44H49ClFN7O9S/c45-32-6-3-8-35(39(32)46)62-29-12-15-44(16-13-29,26-28-4-1-9-36(49-28)51-43-48-18-25-63-43)42(58)47-17-20-60-22-24-61-23-21-59-19-14-38(55)50-33-7-2-5-30-31(33)27-53(41(30)57)34-10-11-37(54)52-40(34)56/h1-9,18,25,29,34H,10-17,19-24,26-27H2,(H,47,58)(H,50,55)(H,48,49,51)(H,52,54,56)/t29-,34?,44-. The molecule has 2 aromatic carbocycles. The summed E-state index contributed by atoms with van der Waals surface area (Å²) in [7, 11) is 0. The molecule has 1 saturated carbocycles. The van der Waals surface area contributed by atoms with Crippen molar-refractivity contribution in [2.45, 2.75) is 70.1 Å². The molecule has 1 unspecified atom stereocenters. The van der Waals surface area contributed by atoms with E-state index in [-0.39, 0.29) is 92.7 Å². The Kier molecular flexibility index (Phi) is 15.7. The van der Waals surface area contributed by atoms with Crippen molar-refractivity contribution in [2.24, 2.45) is 5.41 Å². The summed E-state index contributed by atoms with van der Waals surface area (Å²) in [5.41, 5.74) is 1.51. The molecule has 63 heavy (non-hydrogen) atoms. The monoisotopic (exact) mass is 905 g/mol. The molecule has 0 bridgehead atoms. The lowest BCUT2D eigenvalue weighted by atomic mass is 9.69. The molecule has 2 aromatic heterocycles. The molecule has 1 atom stereocenters. The zero-order chi connectivity index (χ0) is 44.2. The van der Waals surface area contributed by atoms with E-state index in [1.807, 2.05) is 23.6 Å². The number of ether oxygens (including phenoxy) is 4. The number of piperidine rings is 1. The molecule has 4 heterocycles. The molecule has 4 aromatic rings. The first-order valence-electron chi connectivity index (χ1n) is 20.9. The average molecular weight is 906 g/mol. The molecule has 4 N–H and O–H groups in total. The van der Waals surface area contributed by atoms with E-state index in [0.29, 0.717) is 79.6 Å². The predicted molar refractivity (Wildman–Crippen MR) is 231 cm³/mol. The summed E-state index contributed by atoms with van der Waals surface area (Å²) in [6.07, 6.45) is 4.39. The fourth-order valence-corrected chi connectivity index (χ4v) is 8.64. The smallest absolute Gasteiger partial charge is 0.255 e. The van der Waals surface area contributed by atoms with E-state index >= 15 is 0 Å². The molecule has 16 nitrogen and oxygen atoms in total. The van der Waals surface area contributed by atoms with Gasteiger partial charge in [0.1, 0.15) is 11.9 Å². The number of carbonyl (C=O) groups excluding carboxylic acids is 5. The first-order chi connectivity index (χ1) is 30.6. The van der Waals surface area contributed by atoms with Crippen molar-refractivity contribution in [3.63, 3.8) is 0 Å². The van der Waals surface area contributed by atoms with Crippen molar-refractivity contribution in [3.8, 4) is 5.75 Å². The summed E-state index contributed by atoms with van der Waals surface area (Å²) in [5, 5.41) is 14.0. The lowest BCUT2D eigenvalue weighted by Gasteiger charge is -2.39. The van der Waals surface area contributed by atoms with Gasteiger partial charge in [0.05, 0.1) is 62.6 Å². The third-order valence-corrected chi connectivity index (χ3v) is 12.2. The Bertz CT molecular complexity index is 2260. The topological polar surface area (TPSA) is 199 Å². The highest BCUT2D eigenvalue weighted by molar-refractivity contribution is 7.13. The number of carbonyl (C=O) groups is 5. The summed E-state index contributed by atoms with van der Waals surface area (Å²) in [6.45, 7) is 2.03. The van der Waals surface area contributed by atoms with E-state index in [1.54, 1.807) is 36.5 Å². The molecule has 0 radical (unpaired) electrons. The fraction of sp³-hybridized carbons (Fsp3) is 0.432. The number of nitrogens with zero attached hydrogens (tertiary/aromatic N) is 3. The molecule has 0 spiro atoms. The number of hydrogen-bond donors (Lipinski definition) is 4. The number of pyridine rings is 1. The average Bonchev–Trinajstić information content (AvgIpc) is 3.91. The lowest BCUT2D eigenvalue weighted by molar-refractivity contribution is -0.137. The zero-order valence-corrected chi connectivity index (χ0v) is 36.1. The Hall–Kier alpha value is -5.53. The number of rotatable bonds is 21. The molecule has 7 rings (SSSR count). The highest BCUT2D eigenvalue weighted by atomic mass is 35.5. The molecule has 2 aliphatic heterocycles. The zero-order valence-electron chi connectivity index (χ0n) is 34.5. The summed E-state index contributed by atoms with van der Waals surface area (Å²) in [6, 6.07) is 14.6. The quantitative estimate of drug-likeness (QED) is 0.0599. The number of thiazole rings is 1. The van der Waals surface area contributed by atoms with Crippen LogP contribution in [0.5, 0.6) is 5.75 Å². The second-order valence-corrected chi connectivity index (χ2v) is 16.7. The number of imide groups is 1. The van der Waals surface area contributed by atoms with Crippen molar-refractivity contribution >= 4 is 69.1 Å². The second kappa shape index (κ2) is 21.7. The molecular formula is C44H49ClFN7O9S. The number of fused-ring (bicyclic) bond motifs is 1.